The minimum absolute atomic E-state index is 0.133. The molecule has 1 heterocycles. The van der Waals surface area contributed by atoms with Crippen molar-refractivity contribution in [2.75, 3.05) is 26.0 Å². The van der Waals surface area contributed by atoms with Crippen molar-refractivity contribution in [1.82, 2.24) is 9.62 Å². The molecule has 30 heavy (non-hydrogen) atoms. The predicted molar refractivity (Wildman–Crippen MR) is 119 cm³/mol. The van der Waals surface area contributed by atoms with Gasteiger partial charge in [-0.25, -0.2) is 8.42 Å². The minimum atomic E-state index is -3.46. The van der Waals surface area contributed by atoms with Crippen LogP contribution in [0.3, 0.4) is 0 Å². The fraction of sp³-hybridized carbons (Fsp3) is 0.409. The van der Waals surface area contributed by atoms with Crippen molar-refractivity contribution in [3.8, 4) is 5.75 Å². The number of carbonyl (C=O) groups excluding carboxylic acids is 1. The van der Waals surface area contributed by atoms with Crippen molar-refractivity contribution >= 4 is 27.7 Å². The molecule has 0 spiro atoms. The Balaban J connectivity index is 1.57. The number of thioether (sulfide) groups is 1. The van der Waals surface area contributed by atoms with Gasteiger partial charge < -0.3 is 10.1 Å². The summed E-state index contributed by atoms with van der Waals surface area (Å²) in [5.41, 5.74) is 1.71. The standard InChI is InChI=1S/C22H28N2O4S2/c1-16-14-20(30(26,27)24-12-4-5-13-24)10-11-21(16)28-15-22(25)23-17(2)18-6-8-19(29-3)9-7-18/h6-11,14,17H,4-5,12-13,15H2,1-3H3,(H,23,25)/t17-/m0/s1. The number of amides is 1. The van der Waals surface area contributed by atoms with Crippen LogP contribution >= 0.6 is 11.8 Å². The Morgan fingerprint density at radius 2 is 1.83 bits per heavy atom. The Labute approximate surface area is 183 Å². The highest BCUT2D eigenvalue weighted by Gasteiger charge is 2.27. The molecule has 8 heteroatoms. The van der Waals surface area contributed by atoms with Crippen molar-refractivity contribution in [3.63, 3.8) is 0 Å². The SMILES string of the molecule is CSc1ccc([C@H](C)NC(=O)COc2ccc(S(=O)(=O)N3CCCC3)cc2C)cc1. The molecule has 1 atom stereocenters. The Kier molecular flexibility index (Phi) is 7.44. The van der Waals surface area contributed by atoms with E-state index in [1.807, 2.05) is 37.4 Å². The maximum absolute atomic E-state index is 12.7. The average Bonchev–Trinajstić information content (AvgIpc) is 3.28. The quantitative estimate of drug-likeness (QED) is 0.623. The number of ether oxygens (including phenoxy) is 1. The van der Waals surface area contributed by atoms with E-state index in [0.717, 1.165) is 18.4 Å². The number of aryl methyl sites for hydroxylation is 1. The second kappa shape index (κ2) is 9.85. The first-order valence-electron chi connectivity index (χ1n) is 9.98. The number of nitrogens with one attached hydrogen (secondary N) is 1. The van der Waals surface area contributed by atoms with Crippen molar-refractivity contribution in [2.45, 2.75) is 42.5 Å². The van der Waals surface area contributed by atoms with Gasteiger partial charge in [-0.3, -0.25) is 4.79 Å². The fourth-order valence-corrected chi connectivity index (χ4v) is 5.44. The highest BCUT2D eigenvalue weighted by molar-refractivity contribution is 7.98. The third kappa shape index (κ3) is 5.36. The van der Waals surface area contributed by atoms with E-state index in [4.69, 9.17) is 4.74 Å². The predicted octanol–water partition coefficient (Wildman–Crippen LogP) is 3.76. The van der Waals surface area contributed by atoms with E-state index in [0.29, 0.717) is 24.4 Å². The first-order valence-corrected chi connectivity index (χ1v) is 12.6. The molecule has 1 aliphatic heterocycles. The van der Waals surface area contributed by atoms with Crippen LogP contribution in [-0.4, -0.2) is 44.6 Å². The summed E-state index contributed by atoms with van der Waals surface area (Å²) in [5, 5.41) is 2.92. The Hall–Kier alpha value is -2.03. The van der Waals surface area contributed by atoms with Gasteiger partial charge in [0, 0.05) is 18.0 Å². The molecule has 1 aliphatic rings. The molecule has 0 saturated carbocycles. The van der Waals surface area contributed by atoms with Crippen LogP contribution in [-0.2, 0) is 14.8 Å². The molecule has 2 aromatic rings. The molecule has 162 valence electrons. The lowest BCUT2D eigenvalue weighted by Crippen LogP contribution is -2.31. The van der Waals surface area contributed by atoms with Gasteiger partial charge in [0.25, 0.3) is 5.91 Å². The highest BCUT2D eigenvalue weighted by Crippen LogP contribution is 2.26. The molecular formula is C22H28N2O4S2. The summed E-state index contributed by atoms with van der Waals surface area (Å²) in [6, 6.07) is 12.7. The second-order valence-corrected chi connectivity index (χ2v) is 10.2. The summed E-state index contributed by atoms with van der Waals surface area (Å²) >= 11 is 1.67. The summed E-state index contributed by atoms with van der Waals surface area (Å²) in [6.45, 7) is 4.71. The monoisotopic (exact) mass is 448 g/mol. The van der Waals surface area contributed by atoms with Crippen LogP contribution in [0.4, 0.5) is 0 Å². The highest BCUT2D eigenvalue weighted by atomic mass is 32.2. The smallest absolute Gasteiger partial charge is 0.258 e. The van der Waals surface area contributed by atoms with Crippen molar-refractivity contribution in [3.05, 3.63) is 53.6 Å². The van der Waals surface area contributed by atoms with Gasteiger partial charge in [0.05, 0.1) is 10.9 Å². The first-order chi connectivity index (χ1) is 14.3. The van der Waals surface area contributed by atoms with Crippen LogP contribution < -0.4 is 10.1 Å². The van der Waals surface area contributed by atoms with E-state index in [1.54, 1.807) is 36.9 Å². The third-order valence-electron chi connectivity index (χ3n) is 5.20. The molecule has 0 unspecified atom stereocenters. The molecule has 1 N–H and O–H groups in total. The minimum Gasteiger partial charge on any atom is -0.484 e. The van der Waals surface area contributed by atoms with Crippen molar-refractivity contribution < 1.29 is 17.9 Å². The van der Waals surface area contributed by atoms with Crippen LogP contribution in [0.1, 0.15) is 36.9 Å². The summed E-state index contributed by atoms with van der Waals surface area (Å²) in [4.78, 5) is 13.7. The van der Waals surface area contributed by atoms with Gasteiger partial charge in [-0.1, -0.05) is 12.1 Å². The van der Waals surface area contributed by atoms with Crippen molar-refractivity contribution in [1.29, 1.82) is 0 Å². The molecule has 0 bridgehead atoms. The zero-order chi connectivity index (χ0) is 21.7. The number of sulfonamides is 1. The van der Waals surface area contributed by atoms with E-state index in [-0.39, 0.29) is 23.5 Å². The molecule has 1 fully saturated rings. The molecule has 1 saturated heterocycles. The van der Waals surface area contributed by atoms with Gasteiger partial charge in [-0.2, -0.15) is 4.31 Å². The Bertz CT molecular complexity index is 985. The molecule has 0 radical (unpaired) electrons. The first kappa shape index (κ1) is 22.7. The second-order valence-electron chi connectivity index (χ2n) is 7.39. The molecule has 0 aromatic heterocycles. The van der Waals surface area contributed by atoms with Gasteiger partial charge in [0.2, 0.25) is 10.0 Å². The van der Waals surface area contributed by atoms with E-state index in [2.05, 4.69) is 5.32 Å². The zero-order valence-electron chi connectivity index (χ0n) is 17.6. The summed E-state index contributed by atoms with van der Waals surface area (Å²) in [7, 11) is -3.46. The van der Waals surface area contributed by atoms with E-state index in [9.17, 15) is 13.2 Å². The molecule has 2 aromatic carbocycles. The van der Waals surface area contributed by atoms with Gasteiger partial charge in [-0.05, 0) is 74.4 Å². The molecule has 1 amide bonds. The van der Waals surface area contributed by atoms with Crippen LogP contribution in [0.2, 0.25) is 0 Å². The van der Waals surface area contributed by atoms with Crippen LogP contribution in [0, 0.1) is 6.92 Å². The van der Waals surface area contributed by atoms with E-state index < -0.39 is 10.0 Å². The lowest BCUT2D eigenvalue weighted by Gasteiger charge is -2.17. The lowest BCUT2D eigenvalue weighted by molar-refractivity contribution is -0.123. The number of nitrogens with zero attached hydrogens (tertiary/aromatic N) is 1. The number of carbonyl (C=O) groups is 1. The molecule has 0 aliphatic carbocycles. The summed E-state index contributed by atoms with van der Waals surface area (Å²) < 4.78 is 32.5. The normalized spacial score (nSPS) is 15.7. The average molecular weight is 449 g/mol. The number of hydrogen-bond donors (Lipinski definition) is 1. The maximum atomic E-state index is 12.7. The zero-order valence-corrected chi connectivity index (χ0v) is 19.2. The third-order valence-corrected chi connectivity index (χ3v) is 7.84. The number of hydrogen-bond acceptors (Lipinski definition) is 5. The van der Waals surface area contributed by atoms with Gasteiger partial charge in [0.15, 0.2) is 6.61 Å². The number of benzene rings is 2. The summed E-state index contributed by atoms with van der Waals surface area (Å²) in [5.74, 6) is 0.270. The molecular weight excluding hydrogens is 420 g/mol. The van der Waals surface area contributed by atoms with Crippen LogP contribution in [0.25, 0.3) is 0 Å². The fourth-order valence-electron chi connectivity index (χ4n) is 3.42. The summed E-state index contributed by atoms with van der Waals surface area (Å²) in [6.07, 6.45) is 3.82. The Morgan fingerprint density at radius 3 is 2.43 bits per heavy atom. The number of rotatable bonds is 8. The lowest BCUT2D eigenvalue weighted by atomic mass is 10.1. The van der Waals surface area contributed by atoms with Crippen LogP contribution in [0.15, 0.2) is 52.3 Å². The Morgan fingerprint density at radius 1 is 1.17 bits per heavy atom. The van der Waals surface area contributed by atoms with Gasteiger partial charge in [-0.15, -0.1) is 11.8 Å². The molecule has 3 rings (SSSR count). The van der Waals surface area contributed by atoms with Crippen LogP contribution in [0.5, 0.6) is 5.75 Å². The molecule has 6 nitrogen and oxygen atoms in total. The topological polar surface area (TPSA) is 75.7 Å². The van der Waals surface area contributed by atoms with Gasteiger partial charge in [0.1, 0.15) is 5.75 Å². The van der Waals surface area contributed by atoms with Crippen molar-refractivity contribution in [2.24, 2.45) is 0 Å². The van der Waals surface area contributed by atoms with E-state index >= 15 is 0 Å². The van der Waals surface area contributed by atoms with Gasteiger partial charge >= 0.3 is 0 Å². The van der Waals surface area contributed by atoms with E-state index in [1.165, 1.54) is 9.20 Å². The maximum Gasteiger partial charge on any atom is 0.258 e. The largest absolute Gasteiger partial charge is 0.484 e.